The van der Waals surface area contributed by atoms with E-state index in [1.165, 1.54) is 30.0 Å². The molecule has 1 heterocycles. The van der Waals surface area contributed by atoms with E-state index in [4.69, 9.17) is 4.74 Å². The number of hydrogen-bond acceptors (Lipinski definition) is 3. The predicted molar refractivity (Wildman–Crippen MR) is 109 cm³/mol. The summed E-state index contributed by atoms with van der Waals surface area (Å²) < 4.78 is 35.1. The van der Waals surface area contributed by atoms with Gasteiger partial charge in [-0.1, -0.05) is 24.3 Å². The van der Waals surface area contributed by atoms with Crippen molar-refractivity contribution in [3.8, 4) is 16.9 Å². The molecule has 1 aromatic heterocycles. The van der Waals surface area contributed by atoms with Crippen molar-refractivity contribution in [2.24, 2.45) is 0 Å². The molecule has 0 saturated heterocycles. The SMILES string of the molecule is COc1cccc(-c2c(C)nn(C(C)C)c(=O)c2CCc2cccc(F)c2)c1F. The maximum atomic E-state index is 15.0. The van der Waals surface area contributed by atoms with Gasteiger partial charge in [0.1, 0.15) is 5.82 Å². The summed E-state index contributed by atoms with van der Waals surface area (Å²) in [6, 6.07) is 11.0. The topological polar surface area (TPSA) is 44.1 Å². The van der Waals surface area contributed by atoms with Crippen molar-refractivity contribution >= 4 is 0 Å². The third kappa shape index (κ3) is 4.21. The third-order valence-corrected chi connectivity index (χ3v) is 4.88. The van der Waals surface area contributed by atoms with Crippen molar-refractivity contribution in [2.75, 3.05) is 7.11 Å². The normalized spacial score (nSPS) is 11.1. The van der Waals surface area contributed by atoms with Gasteiger partial charge in [0.25, 0.3) is 5.56 Å². The van der Waals surface area contributed by atoms with E-state index in [1.807, 2.05) is 19.9 Å². The summed E-state index contributed by atoms with van der Waals surface area (Å²) in [5, 5.41) is 4.41. The second kappa shape index (κ2) is 8.55. The minimum absolute atomic E-state index is 0.103. The first kappa shape index (κ1) is 20.7. The highest BCUT2D eigenvalue weighted by Gasteiger charge is 2.21. The van der Waals surface area contributed by atoms with Crippen LogP contribution in [0.1, 0.15) is 36.7 Å². The lowest BCUT2D eigenvalue weighted by Crippen LogP contribution is -2.30. The molecular formula is C23H24F2N2O2. The van der Waals surface area contributed by atoms with E-state index >= 15 is 4.39 Å². The van der Waals surface area contributed by atoms with Crippen LogP contribution in [0.2, 0.25) is 0 Å². The Bertz CT molecular complexity index is 1090. The monoisotopic (exact) mass is 398 g/mol. The minimum Gasteiger partial charge on any atom is -0.494 e. The molecule has 0 aliphatic carbocycles. The van der Waals surface area contributed by atoms with E-state index in [9.17, 15) is 9.18 Å². The van der Waals surface area contributed by atoms with Gasteiger partial charge in [-0.05, 0) is 57.4 Å². The number of rotatable bonds is 6. The van der Waals surface area contributed by atoms with Crippen molar-refractivity contribution in [1.29, 1.82) is 0 Å². The van der Waals surface area contributed by atoms with Crippen molar-refractivity contribution in [1.82, 2.24) is 9.78 Å². The average molecular weight is 398 g/mol. The highest BCUT2D eigenvalue weighted by atomic mass is 19.1. The molecule has 0 amide bonds. The Kier molecular flexibility index (Phi) is 6.11. The van der Waals surface area contributed by atoms with Crippen LogP contribution < -0.4 is 10.3 Å². The molecule has 4 nitrogen and oxygen atoms in total. The van der Waals surface area contributed by atoms with Gasteiger partial charge in [0.05, 0.1) is 18.8 Å². The maximum absolute atomic E-state index is 15.0. The van der Waals surface area contributed by atoms with Gasteiger partial charge in [0.15, 0.2) is 11.6 Å². The maximum Gasteiger partial charge on any atom is 0.270 e. The molecule has 0 aliphatic rings. The minimum atomic E-state index is -0.534. The molecule has 29 heavy (non-hydrogen) atoms. The van der Waals surface area contributed by atoms with Crippen LogP contribution in [0, 0.1) is 18.6 Å². The number of aromatic nitrogens is 2. The molecule has 0 spiro atoms. The summed E-state index contributed by atoms with van der Waals surface area (Å²) in [7, 11) is 1.40. The summed E-state index contributed by atoms with van der Waals surface area (Å²) in [6.45, 7) is 5.50. The van der Waals surface area contributed by atoms with Crippen molar-refractivity contribution in [3.05, 3.63) is 81.3 Å². The first-order valence-corrected chi connectivity index (χ1v) is 9.53. The second-order valence-corrected chi connectivity index (χ2v) is 7.23. The van der Waals surface area contributed by atoms with Gasteiger partial charge in [-0.2, -0.15) is 5.10 Å². The molecule has 0 N–H and O–H groups in total. The van der Waals surface area contributed by atoms with Gasteiger partial charge in [-0.25, -0.2) is 13.5 Å². The molecule has 2 aromatic carbocycles. The summed E-state index contributed by atoms with van der Waals surface area (Å²) in [4.78, 5) is 13.2. The number of methoxy groups -OCH3 is 1. The van der Waals surface area contributed by atoms with Crippen molar-refractivity contribution < 1.29 is 13.5 Å². The summed E-state index contributed by atoms with van der Waals surface area (Å²) in [5.41, 5.74) is 2.27. The number of ether oxygens (including phenoxy) is 1. The molecule has 0 atom stereocenters. The van der Waals surface area contributed by atoms with E-state index < -0.39 is 5.82 Å². The van der Waals surface area contributed by atoms with Crippen LogP contribution in [0.5, 0.6) is 5.75 Å². The molecule has 0 aliphatic heterocycles. The Hall–Kier alpha value is -3.02. The van der Waals surface area contributed by atoms with E-state index in [-0.39, 0.29) is 28.7 Å². The predicted octanol–water partition coefficient (Wildman–Crippen LogP) is 4.87. The quantitative estimate of drug-likeness (QED) is 0.595. The molecule has 6 heteroatoms. The Labute approximate surface area is 168 Å². The second-order valence-electron chi connectivity index (χ2n) is 7.23. The Balaban J connectivity index is 2.17. The van der Waals surface area contributed by atoms with Crippen LogP contribution in [0.3, 0.4) is 0 Å². The molecular weight excluding hydrogens is 374 g/mol. The van der Waals surface area contributed by atoms with Crippen LogP contribution in [0.4, 0.5) is 8.78 Å². The number of hydrogen-bond donors (Lipinski definition) is 0. The first-order valence-electron chi connectivity index (χ1n) is 9.53. The Morgan fingerprint density at radius 3 is 2.48 bits per heavy atom. The Morgan fingerprint density at radius 2 is 1.83 bits per heavy atom. The standard InChI is InChI=1S/C23H24F2N2O2/c1-14(2)27-23(28)19(12-11-16-7-5-8-17(24)13-16)21(15(3)26-27)18-9-6-10-20(29-4)22(18)25/h5-10,13-14H,11-12H2,1-4H3. The summed E-state index contributed by atoms with van der Waals surface area (Å²) in [5.74, 6) is -0.758. The van der Waals surface area contributed by atoms with E-state index in [1.54, 1.807) is 25.1 Å². The van der Waals surface area contributed by atoms with Crippen LogP contribution in [0.25, 0.3) is 11.1 Å². The van der Waals surface area contributed by atoms with Crippen LogP contribution in [-0.2, 0) is 12.8 Å². The molecule has 3 rings (SSSR count). The number of halogens is 2. The van der Waals surface area contributed by atoms with Crippen LogP contribution >= 0.6 is 0 Å². The van der Waals surface area contributed by atoms with Gasteiger partial charge < -0.3 is 4.74 Å². The van der Waals surface area contributed by atoms with Gasteiger partial charge in [-0.15, -0.1) is 0 Å². The zero-order valence-corrected chi connectivity index (χ0v) is 17.0. The summed E-state index contributed by atoms with van der Waals surface area (Å²) >= 11 is 0. The molecule has 0 radical (unpaired) electrons. The van der Waals surface area contributed by atoms with E-state index in [2.05, 4.69) is 5.10 Å². The molecule has 152 valence electrons. The zero-order chi connectivity index (χ0) is 21.1. The first-order chi connectivity index (χ1) is 13.8. The highest BCUT2D eigenvalue weighted by Crippen LogP contribution is 2.32. The highest BCUT2D eigenvalue weighted by molar-refractivity contribution is 5.71. The lowest BCUT2D eigenvalue weighted by atomic mass is 9.94. The Morgan fingerprint density at radius 1 is 1.10 bits per heavy atom. The molecule has 0 bridgehead atoms. The van der Waals surface area contributed by atoms with E-state index in [0.717, 1.165) is 5.56 Å². The smallest absolute Gasteiger partial charge is 0.270 e. The average Bonchev–Trinajstić information content (AvgIpc) is 2.68. The number of nitrogens with zero attached hydrogens (tertiary/aromatic N) is 2. The molecule has 3 aromatic rings. The van der Waals surface area contributed by atoms with Crippen LogP contribution in [0.15, 0.2) is 47.3 Å². The largest absolute Gasteiger partial charge is 0.494 e. The fourth-order valence-electron chi connectivity index (χ4n) is 3.48. The molecule has 0 unspecified atom stereocenters. The zero-order valence-electron chi connectivity index (χ0n) is 17.0. The lowest BCUT2D eigenvalue weighted by molar-refractivity contribution is 0.387. The fourth-order valence-corrected chi connectivity index (χ4v) is 3.48. The van der Waals surface area contributed by atoms with E-state index in [0.29, 0.717) is 29.7 Å². The third-order valence-electron chi connectivity index (χ3n) is 4.88. The van der Waals surface area contributed by atoms with Gasteiger partial charge in [0, 0.05) is 16.7 Å². The molecule has 0 fully saturated rings. The lowest BCUT2D eigenvalue weighted by Gasteiger charge is -2.18. The summed E-state index contributed by atoms with van der Waals surface area (Å²) in [6.07, 6.45) is 0.789. The van der Waals surface area contributed by atoms with Crippen molar-refractivity contribution in [2.45, 2.75) is 39.7 Å². The van der Waals surface area contributed by atoms with Gasteiger partial charge in [0.2, 0.25) is 0 Å². The van der Waals surface area contributed by atoms with Crippen molar-refractivity contribution in [3.63, 3.8) is 0 Å². The van der Waals surface area contributed by atoms with Crippen LogP contribution in [-0.4, -0.2) is 16.9 Å². The van der Waals surface area contributed by atoms with Gasteiger partial charge >= 0.3 is 0 Å². The number of aryl methyl sites for hydroxylation is 2. The van der Waals surface area contributed by atoms with Gasteiger partial charge in [-0.3, -0.25) is 4.79 Å². The number of benzene rings is 2. The fraction of sp³-hybridized carbons (Fsp3) is 0.304. The molecule has 0 saturated carbocycles.